The molecule has 0 spiro atoms. The fraction of sp³-hybridized carbons (Fsp3) is 0.727. The maximum atomic E-state index is 11.2. The van der Waals surface area contributed by atoms with Crippen molar-refractivity contribution in [2.45, 2.75) is 102 Å². The lowest BCUT2D eigenvalue weighted by Crippen LogP contribution is -2.11. The van der Waals surface area contributed by atoms with E-state index in [2.05, 4.69) is 6.92 Å². The lowest BCUT2D eigenvalue weighted by Gasteiger charge is -2.07. The number of benzene rings is 1. The van der Waals surface area contributed by atoms with E-state index in [-0.39, 0.29) is 4.90 Å². The van der Waals surface area contributed by atoms with Crippen LogP contribution >= 0.6 is 0 Å². The molecule has 0 bridgehead atoms. The van der Waals surface area contributed by atoms with Crippen LogP contribution in [0.3, 0.4) is 0 Å². The van der Waals surface area contributed by atoms with E-state index in [1.807, 2.05) is 0 Å². The van der Waals surface area contributed by atoms with Crippen molar-refractivity contribution in [2.24, 2.45) is 5.14 Å². The van der Waals surface area contributed by atoms with Crippen LogP contribution in [0.4, 0.5) is 0 Å². The highest BCUT2D eigenvalue weighted by Crippen LogP contribution is 2.16. The third-order valence-electron chi connectivity index (χ3n) is 4.92. The van der Waals surface area contributed by atoms with Gasteiger partial charge in [-0.3, -0.25) is 0 Å². The molecule has 0 unspecified atom stereocenters. The summed E-state index contributed by atoms with van der Waals surface area (Å²) < 4.78 is 28.0. The second-order valence-electron chi connectivity index (χ2n) is 7.46. The van der Waals surface area contributed by atoms with Gasteiger partial charge in [0.2, 0.25) is 10.0 Å². The fourth-order valence-electron chi connectivity index (χ4n) is 3.21. The molecule has 156 valence electrons. The molecule has 0 aromatic heterocycles. The van der Waals surface area contributed by atoms with Gasteiger partial charge in [0.1, 0.15) is 5.75 Å². The van der Waals surface area contributed by atoms with E-state index in [9.17, 15) is 8.42 Å². The van der Waals surface area contributed by atoms with Gasteiger partial charge in [-0.2, -0.15) is 0 Å². The van der Waals surface area contributed by atoms with Crippen LogP contribution in [0.5, 0.6) is 5.75 Å². The predicted molar refractivity (Wildman–Crippen MR) is 114 cm³/mol. The van der Waals surface area contributed by atoms with E-state index in [0.717, 1.165) is 6.42 Å². The van der Waals surface area contributed by atoms with E-state index in [1.54, 1.807) is 12.1 Å². The zero-order chi connectivity index (χ0) is 19.8. The van der Waals surface area contributed by atoms with Crippen LogP contribution in [0.1, 0.15) is 96.8 Å². The Morgan fingerprint density at radius 3 is 1.52 bits per heavy atom. The smallest absolute Gasteiger partial charge is 0.238 e. The summed E-state index contributed by atoms with van der Waals surface area (Å²) in [6.45, 7) is 2.94. The van der Waals surface area contributed by atoms with Crippen molar-refractivity contribution in [3.8, 4) is 5.75 Å². The normalized spacial score (nSPS) is 11.6. The van der Waals surface area contributed by atoms with E-state index in [0.29, 0.717) is 12.4 Å². The molecule has 0 aliphatic carbocycles. The van der Waals surface area contributed by atoms with Crippen LogP contribution in [-0.4, -0.2) is 15.0 Å². The first-order valence-corrected chi connectivity index (χ1v) is 12.3. The molecule has 2 N–H and O–H groups in total. The van der Waals surface area contributed by atoms with Crippen molar-refractivity contribution < 1.29 is 13.2 Å². The second-order valence-corrected chi connectivity index (χ2v) is 9.02. The molecule has 1 aromatic rings. The summed E-state index contributed by atoms with van der Waals surface area (Å²) in [5.74, 6) is 0.692. The van der Waals surface area contributed by atoms with Gasteiger partial charge in [-0.1, -0.05) is 90.4 Å². The number of unbranched alkanes of at least 4 members (excludes halogenated alkanes) is 13. The Hall–Kier alpha value is -1.07. The monoisotopic (exact) mass is 397 g/mol. The summed E-state index contributed by atoms with van der Waals surface area (Å²) in [7, 11) is -3.63. The number of ether oxygens (including phenoxy) is 1. The van der Waals surface area contributed by atoms with E-state index in [4.69, 9.17) is 9.88 Å². The van der Waals surface area contributed by atoms with E-state index in [1.165, 1.54) is 95.6 Å². The molecular formula is C22H39NO3S. The van der Waals surface area contributed by atoms with Gasteiger partial charge in [-0.05, 0) is 30.7 Å². The number of sulfonamides is 1. The van der Waals surface area contributed by atoms with Crippen LogP contribution < -0.4 is 9.88 Å². The van der Waals surface area contributed by atoms with Gasteiger partial charge in [0.25, 0.3) is 0 Å². The van der Waals surface area contributed by atoms with Crippen molar-refractivity contribution in [3.05, 3.63) is 24.3 Å². The van der Waals surface area contributed by atoms with E-state index >= 15 is 0 Å². The summed E-state index contributed by atoms with van der Waals surface area (Å²) in [4.78, 5) is 0.117. The first kappa shape index (κ1) is 24.0. The predicted octanol–water partition coefficient (Wildman–Crippen LogP) is 6.19. The maximum absolute atomic E-state index is 11.2. The Morgan fingerprint density at radius 2 is 1.11 bits per heavy atom. The molecule has 1 aromatic carbocycles. The number of hydrogen-bond donors (Lipinski definition) is 1. The molecule has 0 aliphatic rings. The minimum absolute atomic E-state index is 0.117. The molecule has 5 heteroatoms. The number of hydrogen-bond acceptors (Lipinski definition) is 3. The van der Waals surface area contributed by atoms with E-state index < -0.39 is 10.0 Å². The second kappa shape index (κ2) is 14.9. The van der Waals surface area contributed by atoms with Gasteiger partial charge in [0, 0.05) is 0 Å². The van der Waals surface area contributed by atoms with Gasteiger partial charge >= 0.3 is 0 Å². The largest absolute Gasteiger partial charge is 0.494 e. The van der Waals surface area contributed by atoms with Crippen LogP contribution in [-0.2, 0) is 10.0 Å². The van der Waals surface area contributed by atoms with Gasteiger partial charge in [-0.25, -0.2) is 13.6 Å². The average Bonchev–Trinajstić information content (AvgIpc) is 2.64. The molecule has 0 aliphatic heterocycles. The Morgan fingerprint density at radius 1 is 0.704 bits per heavy atom. The van der Waals surface area contributed by atoms with Gasteiger partial charge in [-0.15, -0.1) is 0 Å². The number of primary sulfonamides is 1. The summed E-state index contributed by atoms with van der Waals surface area (Å²) in [5, 5.41) is 5.07. The Kier molecular flexibility index (Phi) is 13.2. The summed E-state index contributed by atoms with van der Waals surface area (Å²) in [5.41, 5.74) is 0. The lowest BCUT2D eigenvalue weighted by molar-refractivity contribution is 0.304. The van der Waals surface area contributed by atoms with Crippen LogP contribution in [0, 0.1) is 0 Å². The maximum Gasteiger partial charge on any atom is 0.238 e. The SMILES string of the molecule is CCCCCCCCCCCCCCCCOc1ccc(S(N)(=O)=O)cc1. The summed E-state index contributed by atoms with van der Waals surface area (Å²) in [6, 6.07) is 6.28. The zero-order valence-corrected chi connectivity index (χ0v) is 17.9. The number of rotatable bonds is 17. The standard InChI is InChI=1S/C22H39NO3S/c1-2-3-4-5-6-7-8-9-10-11-12-13-14-15-20-26-21-16-18-22(19-17-21)27(23,24)25/h16-19H,2-15,20H2,1H3,(H2,23,24,25). The fourth-order valence-corrected chi connectivity index (χ4v) is 3.73. The molecule has 0 heterocycles. The van der Waals surface area contributed by atoms with Crippen LogP contribution in [0.2, 0.25) is 0 Å². The molecule has 0 amide bonds. The molecule has 4 nitrogen and oxygen atoms in total. The number of nitrogens with two attached hydrogens (primary N) is 1. The van der Waals surface area contributed by atoms with Gasteiger partial charge < -0.3 is 4.74 Å². The third kappa shape index (κ3) is 12.9. The average molecular weight is 398 g/mol. The Bertz CT molecular complexity index is 570. The first-order valence-electron chi connectivity index (χ1n) is 10.8. The quantitative estimate of drug-likeness (QED) is 0.318. The summed E-state index contributed by atoms with van der Waals surface area (Å²) in [6.07, 6.45) is 18.8. The summed E-state index contributed by atoms with van der Waals surface area (Å²) >= 11 is 0. The molecule has 27 heavy (non-hydrogen) atoms. The molecule has 1 rings (SSSR count). The van der Waals surface area contributed by atoms with Crippen molar-refractivity contribution in [2.75, 3.05) is 6.61 Å². The molecule has 0 saturated heterocycles. The minimum Gasteiger partial charge on any atom is -0.494 e. The van der Waals surface area contributed by atoms with Crippen LogP contribution in [0.25, 0.3) is 0 Å². The topological polar surface area (TPSA) is 69.4 Å². The highest BCUT2D eigenvalue weighted by molar-refractivity contribution is 7.89. The van der Waals surface area contributed by atoms with Gasteiger partial charge in [0.15, 0.2) is 0 Å². The van der Waals surface area contributed by atoms with Crippen molar-refractivity contribution in [1.29, 1.82) is 0 Å². The Labute approximate surface area is 166 Å². The molecule has 0 atom stereocenters. The van der Waals surface area contributed by atoms with Crippen molar-refractivity contribution in [3.63, 3.8) is 0 Å². The molecule has 0 radical (unpaired) electrons. The van der Waals surface area contributed by atoms with Gasteiger partial charge in [0.05, 0.1) is 11.5 Å². The van der Waals surface area contributed by atoms with Crippen LogP contribution in [0.15, 0.2) is 29.2 Å². The van der Waals surface area contributed by atoms with Crippen molar-refractivity contribution in [1.82, 2.24) is 0 Å². The molecule has 0 saturated carbocycles. The zero-order valence-electron chi connectivity index (χ0n) is 17.1. The lowest BCUT2D eigenvalue weighted by atomic mass is 10.0. The molecular weight excluding hydrogens is 358 g/mol. The Balaban J connectivity index is 1.88. The highest BCUT2D eigenvalue weighted by atomic mass is 32.2. The minimum atomic E-state index is -3.63. The third-order valence-corrected chi connectivity index (χ3v) is 5.85. The highest BCUT2D eigenvalue weighted by Gasteiger charge is 2.06. The van der Waals surface area contributed by atoms with Crippen molar-refractivity contribution >= 4 is 10.0 Å². The molecule has 0 fully saturated rings. The first-order chi connectivity index (χ1) is 13.0.